The highest BCUT2D eigenvalue weighted by Crippen LogP contribution is 2.29. The molecule has 0 N–H and O–H groups in total. The van der Waals surface area contributed by atoms with Gasteiger partial charge in [-0.3, -0.25) is 4.79 Å². The molecule has 2 nitrogen and oxygen atoms in total. The number of carbonyl (C=O) groups is 1. The predicted molar refractivity (Wildman–Crippen MR) is 66.2 cm³/mol. The van der Waals surface area contributed by atoms with E-state index in [4.69, 9.17) is 0 Å². The molecule has 0 bridgehead atoms. The van der Waals surface area contributed by atoms with Crippen LogP contribution in [0.1, 0.15) is 64.7 Å². The Labute approximate surface area is 99.8 Å². The van der Waals surface area contributed by atoms with Gasteiger partial charge in [0.25, 0.3) is 0 Å². The third-order valence-electron chi connectivity index (χ3n) is 3.86. The van der Waals surface area contributed by atoms with Crippen LogP contribution in [0.4, 0.5) is 0 Å². The lowest BCUT2D eigenvalue weighted by Gasteiger charge is -2.22. The molecule has 16 heavy (non-hydrogen) atoms. The minimum Gasteiger partial charge on any atom is -0.469 e. The summed E-state index contributed by atoms with van der Waals surface area (Å²) in [4.78, 5) is 11.0. The van der Waals surface area contributed by atoms with Crippen molar-refractivity contribution in [2.24, 2.45) is 11.8 Å². The van der Waals surface area contributed by atoms with Gasteiger partial charge in [0.1, 0.15) is 0 Å². The van der Waals surface area contributed by atoms with Crippen molar-refractivity contribution in [3.63, 3.8) is 0 Å². The molecule has 0 spiro atoms. The van der Waals surface area contributed by atoms with Crippen molar-refractivity contribution in [3.05, 3.63) is 0 Å². The first-order valence-electron chi connectivity index (χ1n) is 6.79. The van der Waals surface area contributed by atoms with Gasteiger partial charge in [0.15, 0.2) is 0 Å². The average molecular weight is 226 g/mol. The van der Waals surface area contributed by atoms with Crippen LogP contribution < -0.4 is 0 Å². The zero-order valence-corrected chi connectivity index (χ0v) is 10.8. The standard InChI is InChI=1S/C14H26O2/c1-12(9-11-14(15)16-2)8-10-13-6-4-3-5-7-13/h12-13H,3-11H2,1-2H3. The topological polar surface area (TPSA) is 26.3 Å². The molecule has 94 valence electrons. The molecule has 1 unspecified atom stereocenters. The van der Waals surface area contributed by atoms with E-state index in [0.717, 1.165) is 12.3 Å². The number of hydrogen-bond donors (Lipinski definition) is 0. The molecule has 0 radical (unpaired) electrons. The van der Waals surface area contributed by atoms with Crippen LogP contribution >= 0.6 is 0 Å². The van der Waals surface area contributed by atoms with E-state index in [-0.39, 0.29) is 5.97 Å². The molecule has 0 aromatic carbocycles. The van der Waals surface area contributed by atoms with Crippen LogP contribution in [0, 0.1) is 11.8 Å². The molecule has 1 aliphatic rings. The second kappa shape index (κ2) is 7.70. The maximum absolute atomic E-state index is 11.0. The molecule has 0 amide bonds. The maximum Gasteiger partial charge on any atom is 0.305 e. The second-order valence-electron chi connectivity index (χ2n) is 5.30. The van der Waals surface area contributed by atoms with Gasteiger partial charge in [-0.15, -0.1) is 0 Å². The van der Waals surface area contributed by atoms with Gasteiger partial charge in [-0.2, -0.15) is 0 Å². The summed E-state index contributed by atoms with van der Waals surface area (Å²) in [5.41, 5.74) is 0. The van der Waals surface area contributed by atoms with E-state index in [9.17, 15) is 4.79 Å². The Kier molecular flexibility index (Phi) is 6.51. The van der Waals surface area contributed by atoms with E-state index in [1.54, 1.807) is 0 Å². The first-order valence-corrected chi connectivity index (χ1v) is 6.79. The third kappa shape index (κ3) is 5.53. The maximum atomic E-state index is 11.0. The van der Waals surface area contributed by atoms with Crippen molar-refractivity contribution >= 4 is 5.97 Å². The molecule has 0 aromatic rings. The molecule has 0 aliphatic heterocycles. The number of hydrogen-bond acceptors (Lipinski definition) is 2. The van der Waals surface area contributed by atoms with Crippen LogP contribution in [-0.4, -0.2) is 13.1 Å². The van der Waals surface area contributed by atoms with Gasteiger partial charge in [0, 0.05) is 6.42 Å². The fourth-order valence-corrected chi connectivity index (χ4v) is 2.61. The van der Waals surface area contributed by atoms with Gasteiger partial charge in [-0.25, -0.2) is 0 Å². The summed E-state index contributed by atoms with van der Waals surface area (Å²) in [6, 6.07) is 0. The smallest absolute Gasteiger partial charge is 0.305 e. The normalized spacial score (nSPS) is 19.4. The Morgan fingerprint density at radius 1 is 1.25 bits per heavy atom. The molecule has 0 aromatic heterocycles. The second-order valence-corrected chi connectivity index (χ2v) is 5.30. The lowest BCUT2D eigenvalue weighted by atomic mass is 9.84. The van der Waals surface area contributed by atoms with E-state index in [1.807, 2.05) is 0 Å². The number of carbonyl (C=O) groups excluding carboxylic acids is 1. The molecule has 1 atom stereocenters. The van der Waals surface area contributed by atoms with Crippen LogP contribution in [-0.2, 0) is 9.53 Å². The highest BCUT2D eigenvalue weighted by molar-refractivity contribution is 5.69. The molecule has 2 heteroatoms. The molecule has 0 saturated heterocycles. The van der Waals surface area contributed by atoms with Crippen molar-refractivity contribution in [1.29, 1.82) is 0 Å². The van der Waals surface area contributed by atoms with Crippen LogP contribution in [0.5, 0.6) is 0 Å². The van der Waals surface area contributed by atoms with Gasteiger partial charge in [-0.1, -0.05) is 51.9 Å². The Bertz CT molecular complexity index is 195. The van der Waals surface area contributed by atoms with E-state index in [2.05, 4.69) is 11.7 Å². The van der Waals surface area contributed by atoms with Crippen molar-refractivity contribution in [2.45, 2.75) is 64.7 Å². The molecule has 1 rings (SSSR count). The molecule has 1 aliphatic carbocycles. The van der Waals surface area contributed by atoms with E-state index < -0.39 is 0 Å². The summed E-state index contributed by atoms with van der Waals surface area (Å²) in [5, 5.41) is 0. The van der Waals surface area contributed by atoms with Crippen LogP contribution in [0.3, 0.4) is 0 Å². The first-order chi connectivity index (χ1) is 7.72. The fourth-order valence-electron chi connectivity index (χ4n) is 2.61. The summed E-state index contributed by atoms with van der Waals surface area (Å²) in [6.45, 7) is 2.26. The van der Waals surface area contributed by atoms with Gasteiger partial charge in [-0.05, 0) is 18.3 Å². The zero-order valence-electron chi connectivity index (χ0n) is 10.8. The summed E-state index contributed by atoms with van der Waals surface area (Å²) >= 11 is 0. The first kappa shape index (κ1) is 13.5. The molecule has 1 saturated carbocycles. The van der Waals surface area contributed by atoms with Crippen LogP contribution in [0.15, 0.2) is 0 Å². The number of ether oxygens (including phenoxy) is 1. The number of methoxy groups -OCH3 is 1. The van der Waals surface area contributed by atoms with E-state index >= 15 is 0 Å². The lowest BCUT2D eigenvalue weighted by molar-refractivity contribution is -0.140. The Morgan fingerprint density at radius 2 is 1.94 bits per heavy atom. The van der Waals surface area contributed by atoms with E-state index in [1.165, 1.54) is 52.1 Å². The Morgan fingerprint density at radius 3 is 2.56 bits per heavy atom. The van der Waals surface area contributed by atoms with Crippen molar-refractivity contribution < 1.29 is 9.53 Å². The lowest BCUT2D eigenvalue weighted by Crippen LogP contribution is -2.09. The largest absolute Gasteiger partial charge is 0.469 e. The SMILES string of the molecule is COC(=O)CCC(C)CCC1CCCCC1. The van der Waals surface area contributed by atoms with Gasteiger partial charge >= 0.3 is 5.97 Å². The minimum atomic E-state index is -0.0653. The Balaban J connectivity index is 2.04. The van der Waals surface area contributed by atoms with Crippen LogP contribution in [0.2, 0.25) is 0 Å². The van der Waals surface area contributed by atoms with Crippen molar-refractivity contribution in [2.75, 3.05) is 7.11 Å². The molecule has 0 heterocycles. The van der Waals surface area contributed by atoms with Crippen LogP contribution in [0.25, 0.3) is 0 Å². The quantitative estimate of drug-likeness (QED) is 0.641. The summed E-state index contributed by atoms with van der Waals surface area (Å²) in [5.74, 6) is 1.57. The minimum absolute atomic E-state index is 0.0653. The number of esters is 1. The van der Waals surface area contributed by atoms with Gasteiger partial charge in [0.2, 0.25) is 0 Å². The molecular weight excluding hydrogens is 200 g/mol. The van der Waals surface area contributed by atoms with E-state index in [0.29, 0.717) is 12.3 Å². The highest BCUT2D eigenvalue weighted by atomic mass is 16.5. The predicted octanol–water partition coefficient (Wildman–Crippen LogP) is 3.94. The highest BCUT2D eigenvalue weighted by Gasteiger charge is 2.15. The van der Waals surface area contributed by atoms with Gasteiger partial charge < -0.3 is 4.74 Å². The fraction of sp³-hybridized carbons (Fsp3) is 0.929. The van der Waals surface area contributed by atoms with Crippen molar-refractivity contribution in [1.82, 2.24) is 0 Å². The third-order valence-corrected chi connectivity index (χ3v) is 3.86. The average Bonchev–Trinajstić information content (AvgIpc) is 2.34. The Hall–Kier alpha value is -0.530. The zero-order chi connectivity index (χ0) is 11.8. The van der Waals surface area contributed by atoms with Gasteiger partial charge in [0.05, 0.1) is 7.11 Å². The molecular formula is C14H26O2. The molecule has 1 fully saturated rings. The number of rotatable bonds is 6. The monoisotopic (exact) mass is 226 g/mol. The summed E-state index contributed by atoms with van der Waals surface area (Å²) < 4.78 is 4.66. The van der Waals surface area contributed by atoms with Crippen molar-refractivity contribution in [3.8, 4) is 0 Å². The summed E-state index contributed by atoms with van der Waals surface area (Å²) in [7, 11) is 1.47. The summed E-state index contributed by atoms with van der Waals surface area (Å²) in [6.07, 6.45) is 11.4.